The van der Waals surface area contributed by atoms with Crippen molar-refractivity contribution in [3.63, 3.8) is 0 Å². The first-order valence-corrected chi connectivity index (χ1v) is 7.91. The van der Waals surface area contributed by atoms with Gasteiger partial charge in [0.25, 0.3) is 0 Å². The van der Waals surface area contributed by atoms with Gasteiger partial charge in [0.2, 0.25) is 5.89 Å². The molecule has 138 valence electrons. The number of nitrogens with zero attached hydrogens (tertiary/aromatic N) is 1. The number of rotatable bonds is 5. The largest absolute Gasteiger partial charge is 0.466 e. The summed E-state index contributed by atoms with van der Waals surface area (Å²) in [5.41, 5.74) is 8.76. The fourth-order valence-electron chi connectivity index (χ4n) is 2.39. The Morgan fingerprint density at radius 3 is 2.70 bits per heavy atom. The molecule has 2 aromatic carbocycles. The minimum Gasteiger partial charge on any atom is -0.466 e. The summed E-state index contributed by atoms with van der Waals surface area (Å²) in [6.45, 7) is 0. The van der Waals surface area contributed by atoms with Crippen molar-refractivity contribution in [2.45, 2.75) is 0 Å². The summed E-state index contributed by atoms with van der Waals surface area (Å²) in [6.07, 6.45) is 1.01. The number of ether oxygens (including phenoxy) is 2. The number of nitrogens with two attached hydrogens (primary N) is 1. The molecule has 0 unspecified atom stereocenters. The first kappa shape index (κ1) is 18.0. The van der Waals surface area contributed by atoms with E-state index in [9.17, 15) is 9.59 Å². The highest BCUT2D eigenvalue weighted by Gasteiger charge is 2.14. The number of anilines is 2. The number of methoxy groups -OCH3 is 2. The molecule has 0 bridgehead atoms. The topological polar surface area (TPSA) is 117 Å². The zero-order valence-corrected chi connectivity index (χ0v) is 14.7. The number of esters is 2. The van der Waals surface area contributed by atoms with Crippen LogP contribution in [-0.2, 0) is 19.1 Å². The number of benzene rings is 2. The first-order chi connectivity index (χ1) is 13.0. The Labute approximate surface area is 154 Å². The number of hydrogen-bond acceptors (Lipinski definition) is 8. The lowest BCUT2D eigenvalue weighted by Gasteiger charge is -2.09. The lowest BCUT2D eigenvalue weighted by Crippen LogP contribution is -2.15. The van der Waals surface area contributed by atoms with Crippen molar-refractivity contribution in [1.29, 1.82) is 0 Å². The molecular formula is C19H17N3O5. The molecule has 0 saturated carbocycles. The number of carbonyl (C=O) groups is 2. The van der Waals surface area contributed by atoms with Crippen LogP contribution in [0.2, 0.25) is 0 Å². The standard InChI is InChI=1S/C19H17N3O5/c1-25-17(23)10-15(19(24)26-2)21-13-5-3-4-11(8-13)18-22-14-9-12(20)6-7-16(14)27-18/h3-10,21H,20H2,1-2H3/b15-10+. The second-order valence-electron chi connectivity index (χ2n) is 5.52. The molecular weight excluding hydrogens is 350 g/mol. The minimum atomic E-state index is -0.705. The van der Waals surface area contributed by atoms with Gasteiger partial charge in [0, 0.05) is 16.9 Å². The van der Waals surface area contributed by atoms with Crippen LogP contribution < -0.4 is 11.1 Å². The van der Waals surface area contributed by atoms with E-state index in [1.54, 1.807) is 42.5 Å². The number of nitrogen functional groups attached to an aromatic ring is 1. The highest BCUT2D eigenvalue weighted by Crippen LogP contribution is 2.27. The van der Waals surface area contributed by atoms with Gasteiger partial charge in [-0.2, -0.15) is 0 Å². The number of nitrogens with one attached hydrogen (secondary N) is 1. The molecule has 0 spiro atoms. The summed E-state index contributed by atoms with van der Waals surface area (Å²) in [7, 11) is 2.43. The summed E-state index contributed by atoms with van der Waals surface area (Å²) in [5, 5.41) is 2.84. The van der Waals surface area contributed by atoms with Crippen LogP contribution in [0.3, 0.4) is 0 Å². The molecule has 0 radical (unpaired) electrons. The van der Waals surface area contributed by atoms with Crippen molar-refractivity contribution in [3.05, 3.63) is 54.2 Å². The van der Waals surface area contributed by atoms with Crippen molar-refractivity contribution in [3.8, 4) is 11.5 Å². The molecule has 0 saturated heterocycles. The highest BCUT2D eigenvalue weighted by molar-refractivity contribution is 5.98. The van der Waals surface area contributed by atoms with E-state index in [1.165, 1.54) is 14.2 Å². The van der Waals surface area contributed by atoms with Crippen molar-refractivity contribution >= 4 is 34.4 Å². The third kappa shape index (κ3) is 4.06. The average Bonchev–Trinajstić information content (AvgIpc) is 3.10. The smallest absolute Gasteiger partial charge is 0.354 e. The molecule has 0 amide bonds. The second kappa shape index (κ2) is 7.61. The van der Waals surface area contributed by atoms with Gasteiger partial charge in [0.15, 0.2) is 5.58 Å². The third-order valence-electron chi connectivity index (χ3n) is 3.67. The molecule has 0 aliphatic rings. The lowest BCUT2D eigenvalue weighted by molar-refractivity contribution is -0.138. The van der Waals surface area contributed by atoms with Crippen LogP contribution in [0, 0.1) is 0 Å². The van der Waals surface area contributed by atoms with E-state index < -0.39 is 11.9 Å². The highest BCUT2D eigenvalue weighted by atomic mass is 16.5. The Balaban J connectivity index is 1.92. The van der Waals surface area contributed by atoms with Gasteiger partial charge in [-0.05, 0) is 36.4 Å². The monoisotopic (exact) mass is 367 g/mol. The molecule has 0 aliphatic carbocycles. The fraction of sp³-hybridized carbons (Fsp3) is 0.105. The predicted molar refractivity (Wildman–Crippen MR) is 99.6 cm³/mol. The van der Waals surface area contributed by atoms with Crippen LogP contribution in [0.5, 0.6) is 0 Å². The van der Waals surface area contributed by atoms with Crippen LogP contribution in [-0.4, -0.2) is 31.1 Å². The van der Waals surface area contributed by atoms with E-state index in [0.717, 1.165) is 6.08 Å². The van der Waals surface area contributed by atoms with Crippen molar-refractivity contribution in [2.24, 2.45) is 0 Å². The van der Waals surface area contributed by atoms with Crippen molar-refractivity contribution in [1.82, 2.24) is 4.98 Å². The maximum absolute atomic E-state index is 11.9. The molecule has 8 nitrogen and oxygen atoms in total. The van der Waals surface area contributed by atoms with Crippen molar-refractivity contribution in [2.75, 3.05) is 25.3 Å². The fourth-order valence-corrected chi connectivity index (χ4v) is 2.39. The summed E-state index contributed by atoms with van der Waals surface area (Å²) in [4.78, 5) is 27.8. The third-order valence-corrected chi connectivity index (χ3v) is 3.67. The summed E-state index contributed by atoms with van der Waals surface area (Å²) >= 11 is 0. The summed E-state index contributed by atoms with van der Waals surface area (Å²) in [5.74, 6) is -0.991. The normalized spacial score (nSPS) is 11.3. The van der Waals surface area contributed by atoms with E-state index in [1.807, 2.05) is 0 Å². The molecule has 1 heterocycles. The maximum Gasteiger partial charge on any atom is 0.354 e. The Morgan fingerprint density at radius 1 is 1.15 bits per heavy atom. The minimum absolute atomic E-state index is 0.0631. The van der Waals surface area contributed by atoms with Crippen LogP contribution >= 0.6 is 0 Å². The zero-order valence-electron chi connectivity index (χ0n) is 14.7. The van der Waals surface area contributed by atoms with Gasteiger partial charge >= 0.3 is 11.9 Å². The molecule has 8 heteroatoms. The lowest BCUT2D eigenvalue weighted by atomic mass is 10.2. The number of hydrogen-bond donors (Lipinski definition) is 2. The van der Waals surface area contributed by atoms with Crippen LogP contribution in [0.4, 0.5) is 11.4 Å². The maximum atomic E-state index is 11.9. The van der Waals surface area contributed by atoms with Gasteiger partial charge in [-0.1, -0.05) is 6.07 Å². The first-order valence-electron chi connectivity index (χ1n) is 7.91. The Hall–Kier alpha value is -3.81. The van der Waals surface area contributed by atoms with E-state index in [4.69, 9.17) is 10.2 Å². The molecule has 0 aliphatic heterocycles. The molecule has 0 fully saturated rings. The Kier molecular flexibility index (Phi) is 5.07. The van der Waals surface area contributed by atoms with E-state index in [-0.39, 0.29) is 5.70 Å². The average molecular weight is 367 g/mol. The van der Waals surface area contributed by atoms with Gasteiger partial charge in [-0.15, -0.1) is 0 Å². The van der Waals surface area contributed by atoms with E-state index in [2.05, 4.69) is 19.8 Å². The van der Waals surface area contributed by atoms with Gasteiger partial charge < -0.3 is 24.9 Å². The Morgan fingerprint density at radius 2 is 1.96 bits per heavy atom. The SMILES string of the molecule is COC(=O)/C=C(/Nc1cccc(-c2nc3cc(N)ccc3o2)c1)C(=O)OC. The molecule has 3 aromatic rings. The van der Waals surface area contributed by atoms with Crippen LogP contribution in [0.1, 0.15) is 0 Å². The van der Waals surface area contributed by atoms with Crippen LogP contribution in [0.15, 0.2) is 58.7 Å². The molecule has 3 N–H and O–H groups in total. The van der Waals surface area contributed by atoms with Gasteiger partial charge in [-0.3, -0.25) is 0 Å². The number of fused-ring (bicyclic) bond motifs is 1. The van der Waals surface area contributed by atoms with E-state index in [0.29, 0.717) is 33.9 Å². The number of aromatic nitrogens is 1. The van der Waals surface area contributed by atoms with E-state index >= 15 is 0 Å². The number of oxazole rings is 1. The molecule has 3 rings (SSSR count). The summed E-state index contributed by atoms with van der Waals surface area (Å²) in [6, 6.07) is 12.2. The number of carbonyl (C=O) groups excluding carboxylic acids is 2. The predicted octanol–water partition coefficient (Wildman–Crippen LogP) is 2.72. The Bertz CT molecular complexity index is 1040. The molecule has 0 atom stereocenters. The summed E-state index contributed by atoms with van der Waals surface area (Å²) < 4.78 is 15.0. The zero-order chi connectivity index (χ0) is 19.4. The van der Waals surface area contributed by atoms with Gasteiger partial charge in [-0.25, -0.2) is 14.6 Å². The van der Waals surface area contributed by atoms with Crippen LogP contribution in [0.25, 0.3) is 22.6 Å². The second-order valence-corrected chi connectivity index (χ2v) is 5.52. The molecule has 1 aromatic heterocycles. The molecule has 27 heavy (non-hydrogen) atoms. The van der Waals surface area contributed by atoms with Gasteiger partial charge in [0.1, 0.15) is 11.2 Å². The quantitative estimate of drug-likeness (QED) is 0.402. The van der Waals surface area contributed by atoms with Crippen molar-refractivity contribution < 1.29 is 23.5 Å². The van der Waals surface area contributed by atoms with Gasteiger partial charge in [0.05, 0.1) is 20.3 Å².